The lowest BCUT2D eigenvalue weighted by Gasteiger charge is -1.94. The molecular weight excluding hydrogens is 120 g/mol. The molecule has 0 fully saturated rings. The standard InChI is InChI=1S/C6H11O3/c1-9-5-3-2-4-6(7)8/h4H,2-3,5H2,1H3,(H,7,8). The molecule has 0 spiro atoms. The number of aliphatic carboxylic acids is 1. The SMILES string of the molecule is COCCC[CH]C(=O)O. The Kier molecular flexibility index (Phi) is 5.21. The van der Waals surface area contributed by atoms with E-state index in [9.17, 15) is 4.79 Å². The molecular formula is C6H11O3. The number of ether oxygens (including phenoxy) is 1. The summed E-state index contributed by atoms with van der Waals surface area (Å²) in [5.74, 6) is -0.855. The first kappa shape index (κ1) is 8.43. The maximum absolute atomic E-state index is 9.87. The van der Waals surface area contributed by atoms with Crippen LogP contribution in [0.25, 0.3) is 0 Å². The second kappa shape index (κ2) is 5.56. The number of carboxylic acid groups (broad SMARTS) is 1. The van der Waals surface area contributed by atoms with Crippen molar-refractivity contribution >= 4 is 5.97 Å². The molecule has 0 atom stereocenters. The predicted octanol–water partition coefficient (Wildman–Crippen LogP) is 0.702. The van der Waals surface area contributed by atoms with E-state index in [-0.39, 0.29) is 0 Å². The van der Waals surface area contributed by atoms with E-state index in [4.69, 9.17) is 9.84 Å². The minimum Gasteiger partial charge on any atom is -0.481 e. The molecule has 0 saturated carbocycles. The lowest BCUT2D eigenvalue weighted by molar-refractivity contribution is -0.133. The lowest BCUT2D eigenvalue weighted by Crippen LogP contribution is -1.97. The van der Waals surface area contributed by atoms with Crippen LogP contribution in [-0.4, -0.2) is 24.8 Å². The van der Waals surface area contributed by atoms with Crippen LogP contribution in [0.15, 0.2) is 0 Å². The molecule has 53 valence electrons. The second-order valence-electron chi connectivity index (χ2n) is 1.68. The fourth-order valence-corrected chi connectivity index (χ4v) is 0.453. The highest BCUT2D eigenvalue weighted by Crippen LogP contribution is 1.92. The summed E-state index contributed by atoms with van der Waals surface area (Å²) >= 11 is 0. The zero-order chi connectivity index (χ0) is 7.11. The first-order chi connectivity index (χ1) is 4.27. The van der Waals surface area contributed by atoms with Crippen LogP contribution in [-0.2, 0) is 9.53 Å². The van der Waals surface area contributed by atoms with Crippen molar-refractivity contribution in [2.75, 3.05) is 13.7 Å². The van der Waals surface area contributed by atoms with Gasteiger partial charge in [0.25, 0.3) is 0 Å². The molecule has 0 rings (SSSR count). The van der Waals surface area contributed by atoms with Crippen LogP contribution in [0.4, 0.5) is 0 Å². The van der Waals surface area contributed by atoms with Crippen molar-refractivity contribution in [1.82, 2.24) is 0 Å². The highest BCUT2D eigenvalue weighted by molar-refractivity contribution is 5.76. The molecule has 0 heterocycles. The smallest absolute Gasteiger partial charge is 0.307 e. The van der Waals surface area contributed by atoms with Crippen molar-refractivity contribution in [3.8, 4) is 0 Å². The minimum atomic E-state index is -0.855. The number of methoxy groups -OCH3 is 1. The molecule has 0 saturated heterocycles. The van der Waals surface area contributed by atoms with Gasteiger partial charge in [-0.3, -0.25) is 4.79 Å². The van der Waals surface area contributed by atoms with Crippen LogP contribution < -0.4 is 0 Å². The largest absolute Gasteiger partial charge is 0.481 e. The van der Waals surface area contributed by atoms with E-state index in [0.717, 1.165) is 6.42 Å². The van der Waals surface area contributed by atoms with Gasteiger partial charge < -0.3 is 9.84 Å². The number of unbranched alkanes of at least 4 members (excludes halogenated alkanes) is 1. The molecule has 1 radical (unpaired) electrons. The Bertz CT molecular complexity index is 80.4. The summed E-state index contributed by atoms with van der Waals surface area (Å²) in [4.78, 5) is 9.87. The van der Waals surface area contributed by atoms with Gasteiger partial charge in [0.1, 0.15) is 0 Å². The number of rotatable bonds is 5. The van der Waals surface area contributed by atoms with Gasteiger partial charge in [0.05, 0.1) is 6.42 Å². The van der Waals surface area contributed by atoms with Gasteiger partial charge >= 0.3 is 5.97 Å². The van der Waals surface area contributed by atoms with Crippen LogP contribution in [0.1, 0.15) is 12.8 Å². The minimum absolute atomic E-state index is 0.586. The molecule has 0 aromatic heterocycles. The van der Waals surface area contributed by atoms with Gasteiger partial charge in [-0.1, -0.05) is 0 Å². The Hall–Kier alpha value is -0.570. The summed E-state index contributed by atoms with van der Waals surface area (Å²) in [5.41, 5.74) is 0. The van der Waals surface area contributed by atoms with Crippen LogP contribution in [0.5, 0.6) is 0 Å². The maximum Gasteiger partial charge on any atom is 0.307 e. The first-order valence-corrected chi connectivity index (χ1v) is 2.82. The van der Waals surface area contributed by atoms with E-state index in [1.54, 1.807) is 7.11 Å². The quantitative estimate of drug-likeness (QED) is 0.559. The molecule has 0 bridgehead atoms. The summed E-state index contributed by atoms with van der Waals surface area (Å²) in [5, 5.41) is 8.12. The average molecular weight is 131 g/mol. The van der Waals surface area contributed by atoms with Crippen LogP contribution in [0, 0.1) is 6.42 Å². The molecule has 0 aromatic carbocycles. The van der Waals surface area contributed by atoms with Gasteiger partial charge in [-0.05, 0) is 12.8 Å². The van der Waals surface area contributed by atoms with E-state index in [0.29, 0.717) is 13.0 Å². The van der Waals surface area contributed by atoms with Crippen LogP contribution in [0.3, 0.4) is 0 Å². The number of hydrogen-bond donors (Lipinski definition) is 1. The van der Waals surface area contributed by atoms with E-state index in [2.05, 4.69) is 0 Å². The third-order valence-corrected chi connectivity index (χ3v) is 0.872. The monoisotopic (exact) mass is 131 g/mol. The average Bonchev–Trinajstić information content (AvgIpc) is 1.80. The molecule has 1 N–H and O–H groups in total. The van der Waals surface area contributed by atoms with Gasteiger partial charge in [-0.25, -0.2) is 0 Å². The third-order valence-electron chi connectivity index (χ3n) is 0.872. The summed E-state index contributed by atoms with van der Waals surface area (Å²) < 4.78 is 4.71. The summed E-state index contributed by atoms with van der Waals surface area (Å²) in [6.07, 6.45) is 2.60. The summed E-state index contributed by atoms with van der Waals surface area (Å²) in [6, 6.07) is 0. The Morgan fingerprint density at radius 2 is 2.44 bits per heavy atom. The highest BCUT2D eigenvalue weighted by Gasteiger charge is 1.94. The van der Waals surface area contributed by atoms with Crippen molar-refractivity contribution < 1.29 is 14.6 Å². The maximum atomic E-state index is 9.87. The van der Waals surface area contributed by atoms with E-state index < -0.39 is 5.97 Å². The van der Waals surface area contributed by atoms with Crippen molar-refractivity contribution in [2.24, 2.45) is 0 Å². The van der Waals surface area contributed by atoms with Crippen molar-refractivity contribution in [2.45, 2.75) is 12.8 Å². The lowest BCUT2D eigenvalue weighted by atomic mass is 10.2. The summed E-state index contributed by atoms with van der Waals surface area (Å²) in [6.45, 7) is 0.629. The molecule has 0 amide bonds. The van der Waals surface area contributed by atoms with Gasteiger partial charge in [-0.2, -0.15) is 0 Å². The number of hydrogen-bond acceptors (Lipinski definition) is 2. The molecule has 0 aromatic rings. The van der Waals surface area contributed by atoms with Gasteiger partial charge in [0.15, 0.2) is 0 Å². The van der Waals surface area contributed by atoms with Gasteiger partial charge in [-0.15, -0.1) is 0 Å². The topological polar surface area (TPSA) is 46.5 Å². The molecule has 0 aliphatic rings. The van der Waals surface area contributed by atoms with Crippen molar-refractivity contribution in [3.05, 3.63) is 6.42 Å². The normalized spacial score (nSPS) is 9.44. The Morgan fingerprint density at radius 1 is 1.78 bits per heavy atom. The zero-order valence-electron chi connectivity index (χ0n) is 5.46. The van der Waals surface area contributed by atoms with Crippen molar-refractivity contribution in [3.63, 3.8) is 0 Å². The molecule has 0 unspecified atom stereocenters. The molecule has 3 heteroatoms. The third kappa shape index (κ3) is 7.43. The Morgan fingerprint density at radius 3 is 2.89 bits per heavy atom. The Balaban J connectivity index is 2.83. The second-order valence-corrected chi connectivity index (χ2v) is 1.68. The number of carbonyl (C=O) groups is 1. The van der Waals surface area contributed by atoms with Gasteiger partial charge in [0.2, 0.25) is 0 Å². The highest BCUT2D eigenvalue weighted by atomic mass is 16.5. The van der Waals surface area contributed by atoms with Crippen LogP contribution in [0.2, 0.25) is 0 Å². The zero-order valence-corrected chi connectivity index (χ0v) is 5.46. The van der Waals surface area contributed by atoms with Gasteiger partial charge in [0, 0.05) is 13.7 Å². The first-order valence-electron chi connectivity index (χ1n) is 2.82. The molecule has 9 heavy (non-hydrogen) atoms. The molecule has 0 aliphatic heterocycles. The Labute approximate surface area is 54.6 Å². The molecule has 0 aliphatic carbocycles. The summed E-state index contributed by atoms with van der Waals surface area (Å²) in [7, 11) is 1.60. The van der Waals surface area contributed by atoms with E-state index >= 15 is 0 Å². The van der Waals surface area contributed by atoms with E-state index in [1.165, 1.54) is 6.42 Å². The van der Waals surface area contributed by atoms with Crippen LogP contribution >= 0.6 is 0 Å². The van der Waals surface area contributed by atoms with E-state index in [1.807, 2.05) is 0 Å². The predicted molar refractivity (Wildman–Crippen MR) is 33.0 cm³/mol. The van der Waals surface area contributed by atoms with Crippen molar-refractivity contribution in [1.29, 1.82) is 0 Å². The fraction of sp³-hybridized carbons (Fsp3) is 0.667. The molecule has 3 nitrogen and oxygen atoms in total. The number of carboxylic acids is 1. The fourth-order valence-electron chi connectivity index (χ4n) is 0.453.